The summed E-state index contributed by atoms with van der Waals surface area (Å²) in [5.74, 6) is 0.240. The van der Waals surface area contributed by atoms with E-state index in [1.54, 1.807) is 11.3 Å². The zero-order valence-corrected chi connectivity index (χ0v) is 19.8. The van der Waals surface area contributed by atoms with Gasteiger partial charge in [0.05, 0.1) is 5.69 Å². The minimum absolute atomic E-state index is 0.00722. The van der Waals surface area contributed by atoms with Crippen LogP contribution in [0.3, 0.4) is 0 Å². The second kappa shape index (κ2) is 9.62. The number of hydrogen-bond donors (Lipinski definition) is 2. The maximum Gasteiger partial charge on any atom is 0.221 e. The van der Waals surface area contributed by atoms with E-state index in [1.807, 2.05) is 23.9 Å². The molecule has 0 spiro atoms. The Balaban J connectivity index is 1.30. The molecule has 32 heavy (non-hydrogen) atoms. The second-order valence-electron chi connectivity index (χ2n) is 7.91. The number of benzene rings is 1. The SMILES string of the molecule is NS(=O)(=O)C1(CCCCCNc2nc3c(s2)CCSc2ccccc2-3)C=CC(F)=CC1F. The van der Waals surface area contributed by atoms with Gasteiger partial charge in [-0.25, -0.2) is 27.3 Å². The number of aromatic nitrogens is 1. The minimum Gasteiger partial charge on any atom is -0.361 e. The molecule has 0 fully saturated rings. The Bertz CT molecular complexity index is 1150. The van der Waals surface area contributed by atoms with Gasteiger partial charge in [0.1, 0.15) is 16.7 Å². The van der Waals surface area contributed by atoms with E-state index in [-0.39, 0.29) is 6.42 Å². The van der Waals surface area contributed by atoms with Gasteiger partial charge >= 0.3 is 0 Å². The lowest BCUT2D eigenvalue weighted by molar-refractivity contribution is 0.308. The third kappa shape index (κ3) is 4.78. The number of primary sulfonamides is 1. The van der Waals surface area contributed by atoms with Gasteiger partial charge in [-0.3, -0.25) is 0 Å². The number of alkyl halides is 1. The molecule has 2 atom stereocenters. The van der Waals surface area contributed by atoms with Crippen molar-refractivity contribution in [3.05, 3.63) is 53.2 Å². The number of allylic oxidation sites excluding steroid dienone is 3. The van der Waals surface area contributed by atoms with Crippen LogP contribution >= 0.6 is 23.1 Å². The zero-order chi connectivity index (χ0) is 22.8. The van der Waals surface area contributed by atoms with E-state index in [0.29, 0.717) is 25.5 Å². The van der Waals surface area contributed by atoms with Crippen LogP contribution in [-0.2, 0) is 16.4 Å². The summed E-state index contributed by atoms with van der Waals surface area (Å²) in [7, 11) is -4.22. The average molecular weight is 498 g/mol. The number of nitrogens with one attached hydrogen (secondary N) is 1. The Kier molecular flexibility index (Phi) is 7.04. The number of thioether (sulfide) groups is 1. The molecule has 10 heteroatoms. The average Bonchev–Trinajstić information content (AvgIpc) is 3.06. The van der Waals surface area contributed by atoms with Crippen LogP contribution < -0.4 is 10.5 Å². The number of anilines is 1. The number of fused-ring (bicyclic) bond motifs is 3. The first kappa shape index (κ1) is 23.4. The summed E-state index contributed by atoms with van der Waals surface area (Å²) in [6, 6.07) is 8.31. The van der Waals surface area contributed by atoms with Crippen molar-refractivity contribution in [3.8, 4) is 11.3 Å². The molecular weight excluding hydrogens is 472 g/mol. The van der Waals surface area contributed by atoms with Crippen LogP contribution in [0.1, 0.15) is 30.6 Å². The topological polar surface area (TPSA) is 85.1 Å². The molecule has 3 N–H and O–H groups in total. The van der Waals surface area contributed by atoms with Gasteiger partial charge in [0, 0.05) is 27.6 Å². The van der Waals surface area contributed by atoms with Crippen molar-refractivity contribution in [1.82, 2.24) is 4.98 Å². The molecule has 4 rings (SSSR count). The molecule has 2 unspecified atom stereocenters. The first-order valence-electron chi connectivity index (χ1n) is 10.5. The third-order valence-corrected chi connectivity index (χ3v) is 9.55. The maximum absolute atomic E-state index is 14.4. The Morgan fingerprint density at radius 1 is 1.25 bits per heavy atom. The van der Waals surface area contributed by atoms with Crippen molar-refractivity contribution in [1.29, 1.82) is 0 Å². The molecule has 2 aromatic rings. The van der Waals surface area contributed by atoms with Gasteiger partial charge < -0.3 is 5.32 Å². The summed E-state index contributed by atoms with van der Waals surface area (Å²) in [4.78, 5) is 7.33. The number of nitrogens with two attached hydrogens (primary N) is 1. The number of halogens is 2. The Labute approximate surface area is 195 Å². The van der Waals surface area contributed by atoms with Crippen molar-refractivity contribution in [2.75, 3.05) is 17.6 Å². The molecule has 0 radical (unpaired) electrons. The number of unbranched alkanes of at least 4 members (excludes halogenated alkanes) is 2. The highest BCUT2D eigenvalue weighted by Gasteiger charge is 2.47. The number of nitrogens with zero attached hydrogens (tertiary/aromatic N) is 1. The summed E-state index contributed by atoms with van der Waals surface area (Å²) in [5, 5.41) is 9.53. The summed E-state index contributed by atoms with van der Waals surface area (Å²) >= 11 is 3.53. The minimum atomic E-state index is -4.22. The van der Waals surface area contributed by atoms with Crippen LogP contribution in [-0.4, -0.2) is 36.6 Å². The van der Waals surface area contributed by atoms with Gasteiger partial charge in [-0.05, 0) is 37.5 Å². The molecular formula is C22H25F2N3O2S3. The van der Waals surface area contributed by atoms with Crippen LogP contribution in [0, 0.1) is 0 Å². The fourth-order valence-corrected chi connectivity index (χ4v) is 7.23. The monoisotopic (exact) mass is 497 g/mol. The van der Waals surface area contributed by atoms with E-state index in [9.17, 15) is 17.2 Å². The highest BCUT2D eigenvalue weighted by atomic mass is 32.2. The largest absolute Gasteiger partial charge is 0.361 e. The standard InChI is InChI=1S/C22H25F2N3O2S3/c23-15-8-11-22(19(24)14-15,32(25,28)29)10-4-1-5-12-26-21-27-20-16-6-2-3-7-17(16)30-13-9-18(20)31-21/h2-3,6-8,11,14,19H,1,4-5,9-10,12-13H2,(H,26,27)(H2,25,28,29). The lowest BCUT2D eigenvalue weighted by atomic mass is 9.91. The van der Waals surface area contributed by atoms with Crippen molar-refractivity contribution >= 4 is 38.3 Å². The van der Waals surface area contributed by atoms with Crippen LogP contribution in [0.15, 0.2) is 53.2 Å². The molecule has 1 aromatic carbocycles. The van der Waals surface area contributed by atoms with E-state index in [1.165, 1.54) is 15.3 Å². The predicted octanol–water partition coefficient (Wildman–Crippen LogP) is 5.22. The molecule has 0 saturated carbocycles. The summed E-state index contributed by atoms with van der Waals surface area (Å²) in [5.41, 5.74) is 2.22. The van der Waals surface area contributed by atoms with Crippen LogP contribution in [0.4, 0.5) is 13.9 Å². The van der Waals surface area contributed by atoms with Gasteiger partial charge in [-0.2, -0.15) is 0 Å². The van der Waals surface area contributed by atoms with Crippen molar-refractivity contribution in [2.24, 2.45) is 5.14 Å². The van der Waals surface area contributed by atoms with Crippen molar-refractivity contribution < 1.29 is 17.2 Å². The Morgan fingerprint density at radius 2 is 2.06 bits per heavy atom. The van der Waals surface area contributed by atoms with E-state index >= 15 is 0 Å². The van der Waals surface area contributed by atoms with Gasteiger partial charge in [0.25, 0.3) is 0 Å². The van der Waals surface area contributed by atoms with Crippen LogP contribution in [0.25, 0.3) is 11.3 Å². The van der Waals surface area contributed by atoms with Crippen LogP contribution in [0.5, 0.6) is 0 Å². The smallest absolute Gasteiger partial charge is 0.221 e. The third-order valence-electron chi connectivity index (χ3n) is 5.77. The number of thiazole rings is 1. The second-order valence-corrected chi connectivity index (χ2v) is 12.0. The quantitative estimate of drug-likeness (QED) is 0.489. The van der Waals surface area contributed by atoms with Gasteiger partial charge in [0.2, 0.25) is 10.0 Å². The zero-order valence-electron chi connectivity index (χ0n) is 17.4. The molecule has 5 nitrogen and oxygen atoms in total. The number of hydrogen-bond acceptors (Lipinski definition) is 6. The maximum atomic E-state index is 14.4. The van der Waals surface area contributed by atoms with Crippen LogP contribution in [0.2, 0.25) is 0 Å². The molecule has 1 aliphatic heterocycles. The summed E-state index contributed by atoms with van der Waals surface area (Å²) in [6.07, 6.45) is 3.61. The highest BCUT2D eigenvalue weighted by Crippen LogP contribution is 2.40. The molecule has 0 amide bonds. The lowest BCUT2D eigenvalue weighted by Crippen LogP contribution is -2.49. The Morgan fingerprint density at radius 3 is 2.84 bits per heavy atom. The van der Waals surface area contributed by atoms with Gasteiger partial charge in [0.15, 0.2) is 5.13 Å². The van der Waals surface area contributed by atoms with E-state index in [4.69, 9.17) is 10.1 Å². The van der Waals surface area contributed by atoms with Gasteiger partial charge in [-0.15, -0.1) is 23.1 Å². The molecule has 1 aliphatic carbocycles. The van der Waals surface area contributed by atoms with E-state index in [2.05, 4.69) is 17.4 Å². The normalized spacial score (nSPS) is 22.6. The highest BCUT2D eigenvalue weighted by molar-refractivity contribution is 7.99. The predicted molar refractivity (Wildman–Crippen MR) is 128 cm³/mol. The molecule has 2 aliphatic rings. The first-order valence-corrected chi connectivity index (χ1v) is 13.8. The summed E-state index contributed by atoms with van der Waals surface area (Å²) < 4.78 is 49.9. The molecule has 0 bridgehead atoms. The first-order chi connectivity index (χ1) is 15.3. The molecule has 172 valence electrons. The van der Waals surface area contributed by atoms with E-state index in [0.717, 1.165) is 41.6 Å². The van der Waals surface area contributed by atoms with Gasteiger partial charge in [-0.1, -0.05) is 37.1 Å². The molecule has 0 saturated heterocycles. The Hall–Kier alpha value is -1.75. The fourth-order valence-electron chi connectivity index (χ4n) is 4.01. The summed E-state index contributed by atoms with van der Waals surface area (Å²) in [6.45, 7) is 0.675. The van der Waals surface area contributed by atoms with Crippen molar-refractivity contribution in [2.45, 2.75) is 47.9 Å². The molecule has 1 aromatic heterocycles. The van der Waals surface area contributed by atoms with E-state index < -0.39 is 26.8 Å². The number of sulfonamides is 1. The lowest BCUT2D eigenvalue weighted by Gasteiger charge is -2.32. The fraction of sp³-hybridized carbons (Fsp3) is 0.409. The molecule has 2 heterocycles. The number of aryl methyl sites for hydroxylation is 1. The van der Waals surface area contributed by atoms with Crippen molar-refractivity contribution in [3.63, 3.8) is 0 Å². The number of rotatable bonds is 8.